The van der Waals surface area contributed by atoms with Crippen LogP contribution in [0.3, 0.4) is 0 Å². The molecule has 0 unspecified atom stereocenters. The molecule has 0 spiro atoms. The Kier molecular flexibility index (Phi) is 13.2. The number of rotatable bonds is 17. The van der Waals surface area contributed by atoms with Gasteiger partial charge in [0.2, 0.25) is 6.79 Å². The molecule has 1 heterocycles. The second-order valence-electron chi connectivity index (χ2n) is 9.15. The van der Waals surface area contributed by atoms with Gasteiger partial charge in [0.15, 0.2) is 23.0 Å². The van der Waals surface area contributed by atoms with Crippen molar-refractivity contribution in [2.45, 2.75) is 53.1 Å². The molecule has 2 rings (SSSR count). The highest BCUT2D eigenvalue weighted by Crippen LogP contribution is 2.31. The van der Waals surface area contributed by atoms with Gasteiger partial charge in [-0.1, -0.05) is 26.0 Å². The number of esters is 2. The van der Waals surface area contributed by atoms with Crippen molar-refractivity contribution in [3.8, 4) is 17.2 Å². The molecule has 0 amide bonds. The predicted molar refractivity (Wildman–Crippen MR) is 143 cm³/mol. The third-order valence-electron chi connectivity index (χ3n) is 6.02. The lowest BCUT2D eigenvalue weighted by molar-refractivity contribution is -0.156. The van der Waals surface area contributed by atoms with Gasteiger partial charge in [-0.3, -0.25) is 14.4 Å². The van der Waals surface area contributed by atoms with Gasteiger partial charge in [0, 0.05) is 38.1 Å². The fourth-order valence-corrected chi connectivity index (χ4v) is 3.76. The number of carbonyl (C=O) groups excluding carboxylic acids is 3. The number of Topliss-reactive ketones (excluding diaryl/α,β-unsaturated/α-hetero) is 1. The minimum atomic E-state index is -0.743. The molecule has 0 saturated carbocycles. The summed E-state index contributed by atoms with van der Waals surface area (Å²) in [7, 11) is 3.03. The van der Waals surface area contributed by atoms with E-state index in [0.29, 0.717) is 19.6 Å². The van der Waals surface area contributed by atoms with Gasteiger partial charge in [-0.2, -0.15) is 0 Å². The van der Waals surface area contributed by atoms with Gasteiger partial charge in [-0.15, -0.1) is 0 Å². The molecule has 0 radical (unpaired) electrons. The van der Waals surface area contributed by atoms with Crippen LogP contribution in [0.4, 0.5) is 0 Å². The van der Waals surface area contributed by atoms with E-state index in [1.807, 2.05) is 38.1 Å². The summed E-state index contributed by atoms with van der Waals surface area (Å²) in [5.74, 6) is -1.26. The van der Waals surface area contributed by atoms with Crippen molar-refractivity contribution >= 4 is 17.7 Å². The summed E-state index contributed by atoms with van der Waals surface area (Å²) >= 11 is 0. The smallest absolute Gasteiger partial charge is 0.309 e. The van der Waals surface area contributed by atoms with E-state index in [-0.39, 0.29) is 29.5 Å². The molecule has 0 aliphatic heterocycles. The van der Waals surface area contributed by atoms with Gasteiger partial charge >= 0.3 is 11.9 Å². The Balaban J connectivity index is 2.07. The van der Waals surface area contributed by atoms with Crippen molar-refractivity contribution in [3.05, 3.63) is 47.8 Å². The largest absolute Gasteiger partial charge is 0.497 e. The Hall–Kier alpha value is -3.66. The molecule has 39 heavy (non-hydrogen) atoms. The van der Waals surface area contributed by atoms with E-state index in [9.17, 15) is 14.4 Å². The first-order chi connectivity index (χ1) is 18.7. The van der Waals surface area contributed by atoms with Crippen LogP contribution in [0.1, 0.15) is 56.6 Å². The maximum atomic E-state index is 13.1. The van der Waals surface area contributed by atoms with E-state index in [1.165, 1.54) is 26.3 Å². The number of ketones is 1. The SMILES string of the molecule is CCCOC[C@@H](Cc1ccc(OC)cc1)[C@H](C)OC(=O)[C@H](C)CC(=O)c1nccc(OC)c1OCOC(C)=O. The number of aromatic nitrogens is 1. The van der Waals surface area contributed by atoms with Crippen LogP contribution in [-0.2, 0) is 30.2 Å². The lowest BCUT2D eigenvalue weighted by Gasteiger charge is -2.25. The van der Waals surface area contributed by atoms with E-state index in [0.717, 1.165) is 17.7 Å². The molecular weight excluding hydrogens is 506 g/mol. The average Bonchev–Trinajstić information content (AvgIpc) is 2.92. The highest BCUT2D eigenvalue weighted by atomic mass is 16.7. The normalized spacial score (nSPS) is 13.1. The molecule has 214 valence electrons. The fraction of sp³-hybridized carbons (Fsp3) is 0.517. The van der Waals surface area contributed by atoms with Crippen LogP contribution in [0, 0.1) is 11.8 Å². The molecular formula is C29H39NO9. The first-order valence-corrected chi connectivity index (χ1v) is 12.9. The lowest BCUT2D eigenvalue weighted by atomic mass is 9.95. The number of carbonyl (C=O) groups is 3. The fourth-order valence-electron chi connectivity index (χ4n) is 3.76. The van der Waals surface area contributed by atoms with Gasteiger partial charge in [0.1, 0.15) is 11.9 Å². The molecule has 3 atom stereocenters. The first kappa shape index (κ1) is 31.6. The minimum absolute atomic E-state index is 0.0282. The van der Waals surface area contributed by atoms with Crippen LogP contribution in [0.25, 0.3) is 0 Å². The van der Waals surface area contributed by atoms with Crippen molar-refractivity contribution in [3.63, 3.8) is 0 Å². The van der Waals surface area contributed by atoms with Crippen LogP contribution < -0.4 is 14.2 Å². The molecule has 0 aliphatic rings. The predicted octanol–water partition coefficient (Wildman–Crippen LogP) is 4.42. The monoisotopic (exact) mass is 545 g/mol. The highest BCUT2D eigenvalue weighted by Gasteiger charge is 2.28. The van der Waals surface area contributed by atoms with E-state index in [2.05, 4.69) is 4.98 Å². The topological polar surface area (TPSA) is 119 Å². The quantitative estimate of drug-likeness (QED) is 0.122. The highest BCUT2D eigenvalue weighted by molar-refractivity contribution is 5.99. The van der Waals surface area contributed by atoms with E-state index < -0.39 is 36.5 Å². The maximum absolute atomic E-state index is 13.1. The van der Waals surface area contributed by atoms with Gasteiger partial charge < -0.3 is 28.4 Å². The van der Waals surface area contributed by atoms with Gasteiger partial charge in [-0.25, -0.2) is 4.98 Å². The molecule has 0 aliphatic carbocycles. The molecule has 0 N–H and O–H groups in total. The Bertz CT molecular complexity index is 1070. The van der Waals surface area contributed by atoms with E-state index >= 15 is 0 Å². The van der Waals surface area contributed by atoms with Crippen LogP contribution >= 0.6 is 0 Å². The summed E-state index contributed by atoms with van der Waals surface area (Å²) in [5, 5.41) is 0. The van der Waals surface area contributed by atoms with Gasteiger partial charge in [-0.05, 0) is 37.5 Å². The van der Waals surface area contributed by atoms with Gasteiger partial charge in [0.25, 0.3) is 0 Å². The van der Waals surface area contributed by atoms with Gasteiger partial charge in [0.05, 0.1) is 26.7 Å². The molecule has 1 aromatic heterocycles. The average molecular weight is 546 g/mol. The van der Waals surface area contributed by atoms with E-state index in [4.69, 9.17) is 28.4 Å². The first-order valence-electron chi connectivity index (χ1n) is 12.9. The van der Waals surface area contributed by atoms with Crippen molar-refractivity contribution in [1.29, 1.82) is 0 Å². The number of pyridine rings is 1. The third-order valence-corrected chi connectivity index (χ3v) is 6.02. The van der Waals surface area contributed by atoms with Crippen LogP contribution in [0.5, 0.6) is 17.2 Å². The molecule has 2 aromatic rings. The standard InChI is InChI=1S/C29H39NO9/c1-7-14-36-17-23(16-22-8-10-24(34-5)11-9-22)20(3)39-29(33)19(2)15-25(32)27-28(38-18-37-21(4)31)26(35-6)12-13-30-27/h8-13,19-20,23H,7,14-18H2,1-6H3/t19-,20+,23-/m1/s1. The zero-order chi connectivity index (χ0) is 28.8. The summed E-state index contributed by atoms with van der Waals surface area (Å²) in [6, 6.07) is 9.25. The van der Waals surface area contributed by atoms with Crippen molar-refractivity contribution in [1.82, 2.24) is 4.98 Å². The second-order valence-corrected chi connectivity index (χ2v) is 9.15. The number of hydrogen-bond acceptors (Lipinski definition) is 10. The number of methoxy groups -OCH3 is 2. The maximum Gasteiger partial charge on any atom is 0.309 e. The lowest BCUT2D eigenvalue weighted by Crippen LogP contribution is -2.32. The zero-order valence-corrected chi connectivity index (χ0v) is 23.6. The van der Waals surface area contributed by atoms with E-state index in [1.54, 1.807) is 14.0 Å². The Morgan fingerprint density at radius 1 is 1.00 bits per heavy atom. The Morgan fingerprint density at radius 3 is 2.33 bits per heavy atom. The number of hydrogen-bond donors (Lipinski definition) is 0. The summed E-state index contributed by atoms with van der Waals surface area (Å²) in [6.45, 7) is 7.35. The molecule has 0 saturated heterocycles. The van der Waals surface area contributed by atoms with Crippen molar-refractivity contribution in [2.75, 3.05) is 34.2 Å². The minimum Gasteiger partial charge on any atom is -0.497 e. The van der Waals surface area contributed by atoms with Crippen LogP contribution in [0.15, 0.2) is 36.5 Å². The third kappa shape index (κ3) is 10.2. The number of ether oxygens (including phenoxy) is 6. The summed E-state index contributed by atoms with van der Waals surface area (Å²) < 4.78 is 32.3. The molecule has 1 aromatic carbocycles. The van der Waals surface area contributed by atoms with Crippen molar-refractivity contribution in [2.24, 2.45) is 11.8 Å². The number of benzene rings is 1. The Labute approximate surface area is 229 Å². The number of nitrogens with zero attached hydrogens (tertiary/aromatic N) is 1. The molecule has 0 fully saturated rings. The van der Waals surface area contributed by atoms with Crippen LogP contribution in [0.2, 0.25) is 0 Å². The van der Waals surface area contributed by atoms with Crippen molar-refractivity contribution < 1.29 is 42.8 Å². The Morgan fingerprint density at radius 2 is 1.72 bits per heavy atom. The summed E-state index contributed by atoms with van der Waals surface area (Å²) in [4.78, 5) is 41.3. The zero-order valence-electron chi connectivity index (χ0n) is 23.6. The molecule has 10 heteroatoms. The molecule has 0 bridgehead atoms. The summed E-state index contributed by atoms with van der Waals surface area (Å²) in [5.41, 5.74) is 1.04. The van der Waals surface area contributed by atoms with Crippen LogP contribution in [-0.4, -0.2) is 63.0 Å². The summed E-state index contributed by atoms with van der Waals surface area (Å²) in [6.07, 6.45) is 2.31. The second kappa shape index (κ2) is 16.3. The molecule has 10 nitrogen and oxygen atoms in total.